The summed E-state index contributed by atoms with van der Waals surface area (Å²) >= 11 is 0.602. The molecule has 0 amide bonds. The van der Waals surface area contributed by atoms with Crippen LogP contribution in [0.3, 0.4) is 0 Å². The predicted octanol–water partition coefficient (Wildman–Crippen LogP) is -2.13. The molecule has 1 saturated heterocycles. The third-order valence-corrected chi connectivity index (χ3v) is 5.41. The van der Waals surface area contributed by atoms with Gasteiger partial charge in [0, 0.05) is 0 Å². The number of hydrogen-bond acceptors (Lipinski definition) is 11. The fourth-order valence-corrected chi connectivity index (χ4v) is 3.63. The lowest BCUT2D eigenvalue weighted by Gasteiger charge is -2.18. The minimum atomic E-state index is -1.53. The Labute approximate surface area is 161 Å². The molecule has 2 aromatic rings. The number of aromatic nitrogens is 3. The normalized spacial score (nSPS) is 26.1. The first-order valence-corrected chi connectivity index (χ1v) is 9.28. The molecule has 5 atom stereocenters. The van der Waals surface area contributed by atoms with E-state index >= 15 is 0 Å². The van der Waals surface area contributed by atoms with Crippen molar-refractivity contribution in [2.24, 2.45) is 11.7 Å². The van der Waals surface area contributed by atoms with E-state index in [1.54, 1.807) is 13.8 Å². The van der Waals surface area contributed by atoms with Crippen molar-refractivity contribution >= 4 is 33.6 Å². The number of anilines is 1. The molecule has 5 unspecified atom stereocenters. The Hall–Kier alpha value is -2.32. The van der Waals surface area contributed by atoms with Gasteiger partial charge < -0.3 is 31.2 Å². The van der Waals surface area contributed by atoms with E-state index in [1.165, 1.54) is 0 Å². The zero-order valence-corrected chi connectivity index (χ0v) is 15.9. The Balaban J connectivity index is 1.85. The van der Waals surface area contributed by atoms with Crippen LogP contribution in [0.2, 0.25) is 0 Å². The fraction of sp³-hybridized carbons (Fsp3) is 0.600. The first-order chi connectivity index (χ1) is 13.1. The summed E-state index contributed by atoms with van der Waals surface area (Å²) in [5, 5.41) is 20.6. The second kappa shape index (κ2) is 7.60. The molecule has 1 aliphatic rings. The van der Waals surface area contributed by atoms with Crippen LogP contribution in [0.5, 0.6) is 0 Å². The Kier molecular flexibility index (Phi) is 5.54. The number of nitrogens with two attached hydrogens (primary N) is 2. The van der Waals surface area contributed by atoms with E-state index in [0.717, 1.165) is 4.57 Å². The molecule has 3 rings (SSSR count). The molecule has 13 heteroatoms. The van der Waals surface area contributed by atoms with Crippen molar-refractivity contribution in [2.75, 3.05) is 12.3 Å². The van der Waals surface area contributed by atoms with Gasteiger partial charge in [-0.2, -0.15) is 4.98 Å². The lowest BCUT2D eigenvalue weighted by molar-refractivity contribution is -0.152. The smallest absolute Gasteiger partial charge is 0.323 e. The lowest BCUT2D eigenvalue weighted by atomic mass is 10.1. The number of aromatic amines is 1. The van der Waals surface area contributed by atoms with Crippen molar-refractivity contribution in [3.05, 3.63) is 20.0 Å². The molecular weight excluding hydrogens is 394 g/mol. The van der Waals surface area contributed by atoms with Crippen LogP contribution in [0.4, 0.5) is 5.95 Å². The van der Waals surface area contributed by atoms with Crippen LogP contribution in [0, 0.1) is 5.92 Å². The number of nitrogen functional groups attached to an aromatic ring is 1. The SMILES string of the molecule is CC(C)C(N)C(=O)OCC1OC(n2c(=O)sc3c(=O)[nH]c(N)nc32)C(O)C1O. The summed E-state index contributed by atoms with van der Waals surface area (Å²) in [6.07, 6.45) is -5.42. The molecule has 1 fully saturated rings. The summed E-state index contributed by atoms with van der Waals surface area (Å²) in [6.45, 7) is 3.13. The molecule has 0 spiro atoms. The highest BCUT2D eigenvalue weighted by Crippen LogP contribution is 2.31. The summed E-state index contributed by atoms with van der Waals surface area (Å²) in [5.41, 5.74) is 10.5. The van der Waals surface area contributed by atoms with Crippen molar-refractivity contribution in [1.82, 2.24) is 14.5 Å². The van der Waals surface area contributed by atoms with E-state index in [2.05, 4.69) is 9.97 Å². The number of H-pyrrole nitrogens is 1. The molecule has 1 aliphatic heterocycles. The maximum absolute atomic E-state index is 12.4. The van der Waals surface area contributed by atoms with Gasteiger partial charge in [0.2, 0.25) is 5.95 Å². The van der Waals surface area contributed by atoms with Gasteiger partial charge in [0.05, 0.1) is 0 Å². The van der Waals surface area contributed by atoms with E-state index in [9.17, 15) is 24.6 Å². The van der Waals surface area contributed by atoms with Gasteiger partial charge in [-0.15, -0.1) is 0 Å². The molecule has 28 heavy (non-hydrogen) atoms. The molecule has 7 N–H and O–H groups in total. The highest BCUT2D eigenvalue weighted by atomic mass is 32.1. The number of nitrogens with zero attached hydrogens (tertiary/aromatic N) is 2. The van der Waals surface area contributed by atoms with Crippen LogP contribution in [0.1, 0.15) is 20.1 Å². The zero-order valence-electron chi connectivity index (χ0n) is 15.1. The molecule has 154 valence electrons. The van der Waals surface area contributed by atoms with Crippen LogP contribution < -0.4 is 21.9 Å². The number of thiazole rings is 1. The van der Waals surface area contributed by atoms with Crippen LogP contribution >= 0.6 is 11.3 Å². The third-order valence-electron chi connectivity index (χ3n) is 4.46. The Bertz CT molecular complexity index is 999. The lowest BCUT2D eigenvalue weighted by Crippen LogP contribution is -2.40. The number of ether oxygens (including phenoxy) is 2. The molecule has 0 radical (unpaired) electrons. The molecule has 0 saturated carbocycles. The van der Waals surface area contributed by atoms with Crippen molar-refractivity contribution in [2.45, 2.75) is 44.4 Å². The van der Waals surface area contributed by atoms with Gasteiger partial charge in [-0.3, -0.25) is 23.9 Å². The fourth-order valence-electron chi connectivity index (χ4n) is 2.78. The van der Waals surface area contributed by atoms with Crippen LogP contribution in [0.15, 0.2) is 9.59 Å². The first-order valence-electron chi connectivity index (χ1n) is 8.46. The molecule has 3 heterocycles. The minimum absolute atomic E-state index is 0.00211. The molecule has 0 aliphatic carbocycles. The Morgan fingerprint density at radius 3 is 2.71 bits per heavy atom. The highest BCUT2D eigenvalue weighted by Gasteiger charge is 2.46. The highest BCUT2D eigenvalue weighted by molar-refractivity contribution is 7.16. The number of fused-ring (bicyclic) bond motifs is 1. The summed E-state index contributed by atoms with van der Waals surface area (Å²) in [7, 11) is 0. The maximum Gasteiger partial charge on any atom is 0.323 e. The second-order valence-corrected chi connectivity index (χ2v) is 7.75. The topological polar surface area (TPSA) is 196 Å². The average Bonchev–Trinajstić information content (AvgIpc) is 3.09. The Morgan fingerprint density at radius 1 is 1.39 bits per heavy atom. The Morgan fingerprint density at radius 2 is 2.07 bits per heavy atom. The summed E-state index contributed by atoms with van der Waals surface area (Å²) in [6, 6.07) is -0.846. The van der Waals surface area contributed by atoms with Gasteiger partial charge >= 0.3 is 10.8 Å². The van der Waals surface area contributed by atoms with E-state index in [-0.39, 0.29) is 28.8 Å². The zero-order chi connectivity index (χ0) is 20.7. The average molecular weight is 415 g/mol. The van der Waals surface area contributed by atoms with Gasteiger partial charge in [0.15, 0.2) is 11.9 Å². The number of rotatable bonds is 5. The molecule has 0 bridgehead atoms. The number of nitrogens with one attached hydrogen (secondary N) is 1. The van der Waals surface area contributed by atoms with Crippen LogP contribution in [0.25, 0.3) is 10.3 Å². The van der Waals surface area contributed by atoms with Crippen LogP contribution in [-0.2, 0) is 14.3 Å². The quantitative estimate of drug-likeness (QED) is 0.337. The number of aliphatic hydroxyl groups excluding tert-OH is 2. The number of hydrogen-bond donors (Lipinski definition) is 5. The maximum atomic E-state index is 12.4. The monoisotopic (exact) mass is 415 g/mol. The summed E-state index contributed by atoms with van der Waals surface area (Å²) in [4.78, 5) is 41.7. The van der Waals surface area contributed by atoms with Gasteiger partial charge in [0.25, 0.3) is 5.56 Å². The number of carbonyl (C=O) groups excluding carboxylic acids is 1. The van der Waals surface area contributed by atoms with E-state index in [0.29, 0.717) is 11.3 Å². The van der Waals surface area contributed by atoms with Crippen molar-refractivity contribution in [3.8, 4) is 0 Å². The van der Waals surface area contributed by atoms with E-state index < -0.39 is 47.0 Å². The standard InChI is InChI=1S/C15H21N5O7S/c1-4(2)6(16)13(24)26-3-5-7(21)8(22)12(27-5)20-10-9(28-15(20)25)11(23)19-14(17)18-10/h4-8,12,21-22H,3,16H2,1-2H3,(H3,17,18,19,23). The first kappa shape index (κ1) is 20.4. The predicted molar refractivity (Wildman–Crippen MR) is 98.6 cm³/mol. The van der Waals surface area contributed by atoms with Gasteiger partial charge in [-0.25, -0.2) is 0 Å². The molecule has 2 aromatic heterocycles. The molecule has 0 aromatic carbocycles. The molecule has 12 nitrogen and oxygen atoms in total. The van der Waals surface area contributed by atoms with E-state index in [1.807, 2.05) is 0 Å². The van der Waals surface area contributed by atoms with Gasteiger partial charge in [0.1, 0.15) is 35.7 Å². The number of carbonyl (C=O) groups is 1. The number of esters is 1. The van der Waals surface area contributed by atoms with Crippen molar-refractivity contribution < 1.29 is 24.5 Å². The van der Waals surface area contributed by atoms with E-state index in [4.69, 9.17) is 20.9 Å². The third kappa shape index (κ3) is 3.54. The minimum Gasteiger partial charge on any atom is -0.462 e. The van der Waals surface area contributed by atoms with Gasteiger partial charge in [-0.1, -0.05) is 25.2 Å². The van der Waals surface area contributed by atoms with Crippen LogP contribution in [-0.4, -0.2) is 61.7 Å². The van der Waals surface area contributed by atoms with Gasteiger partial charge in [-0.05, 0) is 5.92 Å². The molecular formula is C15H21N5O7S. The van der Waals surface area contributed by atoms with Crippen molar-refractivity contribution in [3.63, 3.8) is 0 Å². The summed E-state index contributed by atoms with van der Waals surface area (Å²) in [5.74, 6) is -1.04. The second-order valence-electron chi connectivity index (χ2n) is 6.79. The number of aliphatic hydroxyl groups is 2. The largest absolute Gasteiger partial charge is 0.462 e. The van der Waals surface area contributed by atoms with Crippen molar-refractivity contribution in [1.29, 1.82) is 0 Å². The summed E-state index contributed by atoms with van der Waals surface area (Å²) < 4.78 is 11.5.